The number of amides is 2. The Balaban J connectivity index is 1.50. The van der Waals surface area contributed by atoms with Gasteiger partial charge in [-0.15, -0.1) is 10.2 Å². The van der Waals surface area contributed by atoms with Gasteiger partial charge in [0, 0.05) is 25.2 Å². The van der Waals surface area contributed by atoms with Gasteiger partial charge in [-0.3, -0.25) is 9.20 Å². The van der Waals surface area contributed by atoms with Gasteiger partial charge >= 0.3 is 6.09 Å². The average molecular weight is 343 g/mol. The van der Waals surface area contributed by atoms with Gasteiger partial charge in [-0.1, -0.05) is 6.07 Å². The lowest BCUT2D eigenvalue weighted by Gasteiger charge is -2.25. The minimum atomic E-state index is -0.906. The number of nitrogens with one attached hydrogen (secondary N) is 1. The number of carbonyl (C=O) groups is 2. The van der Waals surface area contributed by atoms with Crippen LogP contribution in [0.3, 0.4) is 0 Å². The van der Waals surface area contributed by atoms with Crippen LogP contribution in [0.5, 0.6) is 0 Å². The maximum absolute atomic E-state index is 12.7. The molecule has 3 heterocycles. The topological polar surface area (TPSA) is 99.8 Å². The van der Waals surface area contributed by atoms with E-state index in [2.05, 4.69) is 15.5 Å². The molecule has 2 aromatic rings. The largest absolute Gasteiger partial charge is 0.465 e. The fourth-order valence-corrected chi connectivity index (χ4v) is 3.99. The minimum Gasteiger partial charge on any atom is -0.465 e. The Bertz CT molecular complexity index is 862. The first-order chi connectivity index (χ1) is 11.8. The Morgan fingerprint density at radius 3 is 2.60 bits per heavy atom. The molecule has 1 saturated heterocycles. The fourth-order valence-electron chi connectivity index (χ4n) is 3.99. The van der Waals surface area contributed by atoms with Gasteiger partial charge in [-0.2, -0.15) is 0 Å². The lowest BCUT2D eigenvalue weighted by molar-refractivity contribution is -0.125. The molecule has 0 spiro atoms. The van der Waals surface area contributed by atoms with Gasteiger partial charge in [0.05, 0.1) is 5.54 Å². The summed E-state index contributed by atoms with van der Waals surface area (Å²) >= 11 is 0. The van der Waals surface area contributed by atoms with Crippen LogP contribution in [0.2, 0.25) is 0 Å². The molecule has 1 aliphatic carbocycles. The van der Waals surface area contributed by atoms with Crippen LogP contribution in [0.4, 0.5) is 4.79 Å². The normalized spacial score (nSPS) is 25.1. The Labute approximate surface area is 144 Å². The smallest absolute Gasteiger partial charge is 0.407 e. The third-order valence-corrected chi connectivity index (χ3v) is 5.39. The van der Waals surface area contributed by atoms with E-state index in [-0.39, 0.29) is 23.7 Å². The van der Waals surface area contributed by atoms with Crippen LogP contribution >= 0.6 is 0 Å². The van der Waals surface area contributed by atoms with Crippen molar-refractivity contribution in [1.82, 2.24) is 24.8 Å². The quantitative estimate of drug-likeness (QED) is 0.873. The molecule has 8 nitrogen and oxygen atoms in total. The van der Waals surface area contributed by atoms with Crippen LogP contribution in [-0.4, -0.2) is 49.7 Å². The average Bonchev–Trinajstić information content (AvgIpc) is 2.89. The van der Waals surface area contributed by atoms with Crippen LogP contribution in [-0.2, 0) is 10.3 Å². The van der Waals surface area contributed by atoms with E-state index in [0.29, 0.717) is 18.9 Å². The van der Waals surface area contributed by atoms with E-state index >= 15 is 0 Å². The van der Waals surface area contributed by atoms with Gasteiger partial charge < -0.3 is 15.3 Å². The standard InChI is InChI=1S/C17H21N5O3/c1-9-5-4-6-22-13(9)19-20-15(22)17(2,3)18-14(23)12-10-7-21(16(24)25)8-11(10)12/h4-6,10-12H,7-8H2,1-3H3,(H,18,23)(H,24,25)/t10-,11+,12?. The molecule has 2 N–H and O–H groups in total. The number of carboxylic acid groups (broad SMARTS) is 1. The molecular formula is C17H21N5O3. The second-order valence-corrected chi connectivity index (χ2v) is 7.56. The molecule has 4 rings (SSSR count). The van der Waals surface area contributed by atoms with E-state index in [1.807, 2.05) is 43.5 Å². The molecule has 1 aliphatic heterocycles. The Kier molecular flexibility index (Phi) is 3.28. The zero-order valence-electron chi connectivity index (χ0n) is 14.4. The molecule has 2 aromatic heterocycles. The van der Waals surface area contributed by atoms with Gasteiger partial charge in [0.1, 0.15) is 0 Å². The van der Waals surface area contributed by atoms with Crippen LogP contribution in [0.25, 0.3) is 5.65 Å². The third-order valence-electron chi connectivity index (χ3n) is 5.39. The first kappa shape index (κ1) is 15.9. The van der Waals surface area contributed by atoms with Crippen LogP contribution in [0, 0.1) is 24.7 Å². The molecule has 2 fully saturated rings. The summed E-state index contributed by atoms with van der Waals surface area (Å²) in [6.07, 6.45) is 0.985. The monoisotopic (exact) mass is 343 g/mol. The second kappa shape index (κ2) is 5.18. The number of piperidine rings is 1. The predicted octanol–water partition coefficient (Wildman–Crippen LogP) is 1.24. The fraction of sp³-hybridized carbons (Fsp3) is 0.529. The van der Waals surface area contributed by atoms with Crippen molar-refractivity contribution in [2.45, 2.75) is 26.3 Å². The summed E-state index contributed by atoms with van der Waals surface area (Å²) in [7, 11) is 0. The highest BCUT2D eigenvalue weighted by molar-refractivity contribution is 5.84. The van der Waals surface area contributed by atoms with Crippen LogP contribution in [0.15, 0.2) is 18.3 Å². The van der Waals surface area contributed by atoms with E-state index in [0.717, 1.165) is 11.2 Å². The van der Waals surface area contributed by atoms with E-state index in [9.17, 15) is 9.59 Å². The number of aromatic nitrogens is 3. The highest BCUT2D eigenvalue weighted by Crippen LogP contribution is 2.52. The number of pyridine rings is 1. The van der Waals surface area contributed by atoms with Crippen molar-refractivity contribution < 1.29 is 14.7 Å². The van der Waals surface area contributed by atoms with Gasteiger partial charge in [-0.25, -0.2) is 4.79 Å². The maximum atomic E-state index is 12.7. The summed E-state index contributed by atoms with van der Waals surface area (Å²) in [5.41, 5.74) is 1.13. The van der Waals surface area contributed by atoms with E-state index in [4.69, 9.17) is 5.11 Å². The molecule has 0 aromatic carbocycles. The first-order valence-electron chi connectivity index (χ1n) is 8.40. The summed E-state index contributed by atoms with van der Waals surface area (Å²) in [6, 6.07) is 3.90. The number of carbonyl (C=O) groups excluding carboxylic acids is 1. The van der Waals surface area contributed by atoms with Crippen LogP contribution < -0.4 is 5.32 Å². The number of fused-ring (bicyclic) bond motifs is 2. The van der Waals surface area contributed by atoms with E-state index in [1.165, 1.54) is 4.90 Å². The summed E-state index contributed by atoms with van der Waals surface area (Å²) in [5.74, 6) is 0.830. The van der Waals surface area contributed by atoms with Gasteiger partial charge in [-0.05, 0) is 44.2 Å². The molecule has 132 valence electrons. The molecule has 0 radical (unpaired) electrons. The first-order valence-corrected chi connectivity index (χ1v) is 8.40. The zero-order valence-corrected chi connectivity index (χ0v) is 14.4. The SMILES string of the molecule is Cc1cccn2c(C(C)(C)NC(=O)C3[C@H]4CN(C(=O)O)C[C@@H]34)nnc12. The molecule has 1 saturated carbocycles. The Morgan fingerprint density at radius 2 is 1.96 bits per heavy atom. The van der Waals surface area contributed by atoms with Crippen molar-refractivity contribution in [1.29, 1.82) is 0 Å². The highest BCUT2D eigenvalue weighted by Gasteiger charge is 2.60. The summed E-state index contributed by atoms with van der Waals surface area (Å²) in [5, 5.41) is 20.6. The minimum absolute atomic E-state index is 0.0329. The van der Waals surface area contributed by atoms with Crippen molar-refractivity contribution in [3.63, 3.8) is 0 Å². The molecule has 8 heteroatoms. The molecule has 25 heavy (non-hydrogen) atoms. The van der Waals surface area contributed by atoms with Crippen molar-refractivity contribution in [2.24, 2.45) is 17.8 Å². The molecule has 2 amide bonds. The highest BCUT2D eigenvalue weighted by atomic mass is 16.4. The number of likely N-dealkylation sites (tertiary alicyclic amines) is 1. The second-order valence-electron chi connectivity index (χ2n) is 7.56. The lowest BCUT2D eigenvalue weighted by atomic mass is 10.0. The van der Waals surface area contributed by atoms with Gasteiger partial charge in [0.15, 0.2) is 11.5 Å². The zero-order chi connectivity index (χ0) is 17.9. The molecule has 1 unspecified atom stereocenters. The molecule has 2 aliphatic rings. The Hall–Kier alpha value is -2.64. The number of hydrogen-bond acceptors (Lipinski definition) is 4. The predicted molar refractivity (Wildman–Crippen MR) is 89.0 cm³/mol. The number of nitrogens with zero attached hydrogens (tertiary/aromatic N) is 4. The van der Waals surface area contributed by atoms with Gasteiger partial charge in [0.25, 0.3) is 0 Å². The van der Waals surface area contributed by atoms with Gasteiger partial charge in [0.2, 0.25) is 5.91 Å². The van der Waals surface area contributed by atoms with Crippen molar-refractivity contribution >= 4 is 17.6 Å². The molecule has 3 atom stereocenters. The lowest BCUT2D eigenvalue weighted by Crippen LogP contribution is -2.44. The van der Waals surface area contributed by atoms with Crippen molar-refractivity contribution in [3.05, 3.63) is 29.7 Å². The van der Waals surface area contributed by atoms with Crippen LogP contribution in [0.1, 0.15) is 25.2 Å². The number of hydrogen-bond donors (Lipinski definition) is 2. The number of aryl methyl sites for hydroxylation is 1. The van der Waals surface area contributed by atoms with Crippen molar-refractivity contribution in [2.75, 3.05) is 13.1 Å². The van der Waals surface area contributed by atoms with E-state index in [1.54, 1.807) is 0 Å². The van der Waals surface area contributed by atoms with Crippen molar-refractivity contribution in [3.8, 4) is 0 Å². The molecular weight excluding hydrogens is 322 g/mol. The summed E-state index contributed by atoms with van der Waals surface area (Å²) in [4.78, 5) is 25.1. The maximum Gasteiger partial charge on any atom is 0.407 e. The molecule has 0 bridgehead atoms. The van der Waals surface area contributed by atoms with E-state index < -0.39 is 11.6 Å². The number of rotatable bonds is 3. The Morgan fingerprint density at radius 1 is 1.28 bits per heavy atom. The summed E-state index contributed by atoms with van der Waals surface area (Å²) in [6.45, 7) is 6.69. The summed E-state index contributed by atoms with van der Waals surface area (Å²) < 4.78 is 1.90. The third kappa shape index (κ3) is 2.43.